The van der Waals surface area contributed by atoms with Gasteiger partial charge in [0.1, 0.15) is 0 Å². The summed E-state index contributed by atoms with van der Waals surface area (Å²) in [5.41, 5.74) is -0.459. The summed E-state index contributed by atoms with van der Waals surface area (Å²) in [7, 11) is 0. The molecule has 6 heteroatoms. The molecule has 1 N–H and O–H groups in total. The highest BCUT2D eigenvalue weighted by Crippen LogP contribution is 2.30. The lowest BCUT2D eigenvalue weighted by atomic mass is 10.0. The van der Waals surface area contributed by atoms with Gasteiger partial charge in [-0.3, -0.25) is 4.79 Å². The molecule has 120 valence electrons. The van der Waals surface area contributed by atoms with Gasteiger partial charge in [-0.15, -0.1) is 0 Å². The third kappa shape index (κ3) is 3.61. The summed E-state index contributed by atoms with van der Waals surface area (Å²) in [6.45, 7) is 1.98. The lowest BCUT2D eigenvalue weighted by Gasteiger charge is -2.32. The summed E-state index contributed by atoms with van der Waals surface area (Å²) in [6, 6.07) is 5.22. The summed E-state index contributed by atoms with van der Waals surface area (Å²) < 4.78 is 37.5. The zero-order valence-corrected chi connectivity index (χ0v) is 12.2. The minimum atomic E-state index is -4.37. The highest BCUT2D eigenvalue weighted by atomic mass is 19.4. The smallest absolute Gasteiger partial charge is 0.349 e. The Balaban J connectivity index is 1.53. The molecule has 22 heavy (non-hydrogen) atoms. The Labute approximate surface area is 127 Å². The topological polar surface area (TPSA) is 32.3 Å². The first kappa shape index (κ1) is 15.3. The van der Waals surface area contributed by atoms with Crippen LogP contribution in [0.5, 0.6) is 0 Å². The van der Waals surface area contributed by atoms with Gasteiger partial charge in [0, 0.05) is 30.7 Å². The number of carbonyl (C=O) groups is 1. The zero-order valence-electron chi connectivity index (χ0n) is 12.2. The van der Waals surface area contributed by atoms with Crippen LogP contribution in [0.4, 0.5) is 13.2 Å². The molecular weight excluding hydrogens is 293 g/mol. The fourth-order valence-corrected chi connectivity index (χ4v) is 2.93. The highest BCUT2D eigenvalue weighted by molar-refractivity contribution is 5.94. The first-order chi connectivity index (χ1) is 10.4. The van der Waals surface area contributed by atoms with Crippen LogP contribution in [-0.2, 0) is 6.18 Å². The number of hydrogen-bond acceptors (Lipinski definition) is 2. The predicted octanol–water partition coefficient (Wildman–Crippen LogP) is 3.06. The van der Waals surface area contributed by atoms with E-state index >= 15 is 0 Å². The van der Waals surface area contributed by atoms with Gasteiger partial charge in [0.15, 0.2) is 0 Å². The van der Waals surface area contributed by atoms with E-state index in [1.54, 1.807) is 0 Å². The molecule has 1 aliphatic heterocycles. The van der Waals surface area contributed by atoms with E-state index in [-0.39, 0.29) is 17.5 Å². The minimum absolute atomic E-state index is 0.116. The first-order valence-corrected chi connectivity index (χ1v) is 7.65. The van der Waals surface area contributed by atoms with Crippen LogP contribution >= 0.6 is 0 Å². The number of amides is 1. The van der Waals surface area contributed by atoms with Gasteiger partial charge in [-0.1, -0.05) is 0 Å². The van der Waals surface area contributed by atoms with Gasteiger partial charge in [0.05, 0.1) is 5.56 Å². The van der Waals surface area contributed by atoms with Crippen LogP contribution in [-0.4, -0.2) is 36.0 Å². The molecule has 1 saturated carbocycles. The Morgan fingerprint density at radius 3 is 2.14 bits per heavy atom. The standard InChI is InChI=1S/C16H19F3N2O/c17-16(18,19)12-3-1-11(2-4-12)15(22)20-13-7-9-21(10-8-13)14-5-6-14/h1-4,13-14H,5-10H2,(H,20,22). The highest BCUT2D eigenvalue weighted by Gasteiger charge is 2.32. The van der Waals surface area contributed by atoms with E-state index in [0.29, 0.717) is 0 Å². The quantitative estimate of drug-likeness (QED) is 0.930. The minimum Gasteiger partial charge on any atom is -0.349 e. The van der Waals surface area contributed by atoms with Crippen molar-refractivity contribution in [1.82, 2.24) is 10.2 Å². The molecule has 1 aromatic rings. The second-order valence-corrected chi connectivity index (χ2v) is 6.09. The molecule has 1 aromatic carbocycles. The van der Waals surface area contributed by atoms with Crippen molar-refractivity contribution >= 4 is 5.91 Å². The van der Waals surface area contributed by atoms with Crippen LogP contribution in [0.15, 0.2) is 24.3 Å². The van der Waals surface area contributed by atoms with Crippen molar-refractivity contribution < 1.29 is 18.0 Å². The third-order valence-corrected chi connectivity index (χ3v) is 4.40. The van der Waals surface area contributed by atoms with Crippen molar-refractivity contribution in [2.45, 2.75) is 43.9 Å². The Morgan fingerprint density at radius 1 is 1.05 bits per heavy atom. The number of likely N-dealkylation sites (tertiary alicyclic amines) is 1. The van der Waals surface area contributed by atoms with Gasteiger partial charge in [0.2, 0.25) is 0 Å². The fourth-order valence-electron chi connectivity index (χ4n) is 2.93. The summed E-state index contributed by atoms with van der Waals surface area (Å²) in [4.78, 5) is 14.6. The maximum atomic E-state index is 12.5. The number of piperidine rings is 1. The number of rotatable bonds is 3. The first-order valence-electron chi connectivity index (χ1n) is 7.65. The van der Waals surface area contributed by atoms with Gasteiger partial charge >= 0.3 is 6.18 Å². The molecule has 2 aliphatic rings. The average Bonchev–Trinajstić information content (AvgIpc) is 3.32. The number of nitrogens with one attached hydrogen (secondary N) is 1. The molecule has 0 atom stereocenters. The molecule has 2 fully saturated rings. The van der Waals surface area contributed by atoms with Crippen molar-refractivity contribution in [3.8, 4) is 0 Å². The number of carbonyl (C=O) groups excluding carboxylic acids is 1. The van der Waals surface area contributed by atoms with Crippen LogP contribution < -0.4 is 5.32 Å². The molecule has 1 aliphatic carbocycles. The largest absolute Gasteiger partial charge is 0.416 e. The van der Waals surface area contributed by atoms with Crippen LogP contribution in [0.25, 0.3) is 0 Å². The van der Waals surface area contributed by atoms with Gasteiger partial charge in [-0.05, 0) is 49.9 Å². The molecule has 3 nitrogen and oxygen atoms in total. The van der Waals surface area contributed by atoms with E-state index in [1.165, 1.54) is 25.0 Å². The van der Waals surface area contributed by atoms with E-state index in [1.807, 2.05) is 0 Å². The molecule has 0 unspecified atom stereocenters. The zero-order chi connectivity index (χ0) is 15.7. The maximum Gasteiger partial charge on any atom is 0.416 e. The summed E-state index contributed by atoms with van der Waals surface area (Å²) in [5.74, 6) is -0.293. The molecular formula is C16H19F3N2O. The third-order valence-electron chi connectivity index (χ3n) is 4.40. The van der Waals surface area contributed by atoms with Crippen LogP contribution in [0.3, 0.4) is 0 Å². The van der Waals surface area contributed by atoms with E-state index in [2.05, 4.69) is 10.2 Å². The molecule has 1 heterocycles. The van der Waals surface area contributed by atoms with Crippen molar-refractivity contribution in [2.75, 3.05) is 13.1 Å². The van der Waals surface area contributed by atoms with Gasteiger partial charge < -0.3 is 10.2 Å². The van der Waals surface area contributed by atoms with Crippen LogP contribution in [0.1, 0.15) is 41.6 Å². The number of halogens is 3. The lowest BCUT2D eigenvalue weighted by molar-refractivity contribution is -0.137. The molecule has 0 aromatic heterocycles. The van der Waals surface area contributed by atoms with Crippen LogP contribution in [0, 0.1) is 0 Å². The number of benzene rings is 1. The Morgan fingerprint density at radius 2 is 1.64 bits per heavy atom. The number of nitrogens with zero attached hydrogens (tertiary/aromatic N) is 1. The number of hydrogen-bond donors (Lipinski definition) is 1. The summed E-state index contributed by atoms with van der Waals surface area (Å²) >= 11 is 0. The van der Waals surface area contributed by atoms with Gasteiger partial charge in [-0.25, -0.2) is 0 Å². The molecule has 3 rings (SSSR count). The Kier molecular flexibility index (Phi) is 4.12. The summed E-state index contributed by atoms with van der Waals surface area (Å²) in [5, 5.41) is 2.93. The second-order valence-electron chi connectivity index (χ2n) is 6.09. The van der Waals surface area contributed by atoms with Crippen molar-refractivity contribution in [3.05, 3.63) is 35.4 Å². The average molecular weight is 312 g/mol. The maximum absolute atomic E-state index is 12.5. The van der Waals surface area contributed by atoms with E-state index in [4.69, 9.17) is 0 Å². The Bertz CT molecular complexity index is 529. The van der Waals surface area contributed by atoms with Crippen molar-refractivity contribution in [3.63, 3.8) is 0 Å². The monoisotopic (exact) mass is 312 g/mol. The van der Waals surface area contributed by atoms with E-state index in [0.717, 1.165) is 44.1 Å². The molecule has 0 radical (unpaired) electrons. The molecule has 1 saturated heterocycles. The molecule has 1 amide bonds. The predicted molar refractivity (Wildman–Crippen MR) is 76.5 cm³/mol. The number of alkyl halides is 3. The lowest BCUT2D eigenvalue weighted by Crippen LogP contribution is -2.45. The summed E-state index contributed by atoms with van der Waals surface area (Å²) in [6.07, 6.45) is 0.00154. The SMILES string of the molecule is O=C(NC1CCN(C2CC2)CC1)c1ccc(C(F)(F)F)cc1. The molecule has 0 bridgehead atoms. The van der Waals surface area contributed by atoms with Crippen molar-refractivity contribution in [1.29, 1.82) is 0 Å². The normalized spacial score (nSPS) is 20.9. The Hall–Kier alpha value is -1.56. The van der Waals surface area contributed by atoms with E-state index in [9.17, 15) is 18.0 Å². The van der Waals surface area contributed by atoms with Gasteiger partial charge in [0.25, 0.3) is 5.91 Å². The fraction of sp³-hybridized carbons (Fsp3) is 0.562. The molecule has 0 spiro atoms. The van der Waals surface area contributed by atoms with E-state index < -0.39 is 11.7 Å². The van der Waals surface area contributed by atoms with Gasteiger partial charge in [-0.2, -0.15) is 13.2 Å². The second kappa shape index (κ2) is 5.91. The van der Waals surface area contributed by atoms with Crippen molar-refractivity contribution in [2.24, 2.45) is 0 Å². The van der Waals surface area contributed by atoms with Crippen LogP contribution in [0.2, 0.25) is 0 Å².